The Bertz CT molecular complexity index is 1100. The lowest BCUT2D eigenvalue weighted by Gasteiger charge is -2.14. The second kappa shape index (κ2) is 9.62. The van der Waals surface area contributed by atoms with Crippen molar-refractivity contribution in [1.82, 2.24) is 4.72 Å². The van der Waals surface area contributed by atoms with Crippen molar-refractivity contribution in [3.05, 3.63) is 64.0 Å². The molecule has 0 saturated heterocycles. The van der Waals surface area contributed by atoms with Crippen LogP contribution in [0.15, 0.2) is 47.4 Å². The number of nitro benzene ring substituents is 1. The smallest absolute Gasteiger partial charge is 0.338 e. The third-order valence-electron chi connectivity index (χ3n) is 3.85. The molecule has 0 bridgehead atoms. The highest BCUT2D eigenvalue weighted by Crippen LogP contribution is 2.22. The van der Waals surface area contributed by atoms with Gasteiger partial charge in [0.1, 0.15) is 0 Å². The van der Waals surface area contributed by atoms with Crippen molar-refractivity contribution in [2.24, 2.45) is 0 Å². The Morgan fingerprint density at radius 2 is 1.71 bits per heavy atom. The van der Waals surface area contributed by atoms with E-state index in [2.05, 4.69) is 10.0 Å². The fourth-order valence-electron chi connectivity index (χ4n) is 2.40. The van der Waals surface area contributed by atoms with Gasteiger partial charge in [0.25, 0.3) is 5.91 Å². The zero-order valence-electron chi connectivity index (χ0n) is 16.8. The van der Waals surface area contributed by atoms with Crippen LogP contribution in [0.4, 0.5) is 15.8 Å². The number of ether oxygens (including phenoxy) is 1. The van der Waals surface area contributed by atoms with Gasteiger partial charge < -0.3 is 10.1 Å². The lowest BCUT2D eigenvalue weighted by atomic mass is 10.2. The number of nitrogens with zero attached hydrogens (tertiary/aromatic N) is 1. The zero-order chi connectivity index (χ0) is 23.3. The Kier molecular flexibility index (Phi) is 7.41. The number of amides is 1. The fourth-order valence-corrected chi connectivity index (χ4v) is 3.66. The minimum atomic E-state index is -3.73. The molecule has 0 aliphatic heterocycles. The molecule has 0 fully saturated rings. The summed E-state index contributed by atoms with van der Waals surface area (Å²) in [7, 11) is -3.73. The molecule has 2 rings (SSSR count). The Labute approximate surface area is 177 Å². The molecule has 0 spiro atoms. The molecule has 2 aromatic rings. The molecular weight excluding hydrogens is 433 g/mol. The standard InChI is InChI=1S/C19H20FN3O7S/c1-11(2)22-31(28,29)15-7-4-13(5-8-15)19(25)30-12(3)18(24)21-14-6-9-16(20)17(10-14)23(26)27/h4-12,22H,1-3H3,(H,21,24). The fraction of sp³-hybridized carbons (Fsp3) is 0.263. The highest BCUT2D eigenvalue weighted by atomic mass is 32.2. The minimum absolute atomic E-state index is 0.0144. The molecule has 1 unspecified atom stereocenters. The van der Waals surface area contributed by atoms with Crippen molar-refractivity contribution in [1.29, 1.82) is 0 Å². The molecule has 31 heavy (non-hydrogen) atoms. The lowest BCUT2D eigenvalue weighted by Crippen LogP contribution is -2.30. The molecule has 1 amide bonds. The van der Waals surface area contributed by atoms with Gasteiger partial charge in [0.2, 0.25) is 15.8 Å². The summed E-state index contributed by atoms with van der Waals surface area (Å²) in [4.78, 5) is 34.2. The van der Waals surface area contributed by atoms with Gasteiger partial charge >= 0.3 is 11.7 Å². The Hall–Kier alpha value is -3.38. The summed E-state index contributed by atoms with van der Waals surface area (Å²) in [5.41, 5.74) is -0.849. The van der Waals surface area contributed by atoms with Crippen LogP contribution < -0.4 is 10.0 Å². The molecule has 12 heteroatoms. The van der Waals surface area contributed by atoms with Crippen LogP contribution in [0.25, 0.3) is 0 Å². The van der Waals surface area contributed by atoms with Gasteiger partial charge in [-0.1, -0.05) is 0 Å². The van der Waals surface area contributed by atoms with E-state index in [1.165, 1.54) is 31.2 Å². The van der Waals surface area contributed by atoms with Crippen LogP contribution >= 0.6 is 0 Å². The second-order valence-corrected chi connectivity index (χ2v) is 8.47. The van der Waals surface area contributed by atoms with Crippen LogP contribution in [-0.4, -0.2) is 37.4 Å². The Balaban J connectivity index is 2.04. The van der Waals surface area contributed by atoms with Crippen LogP contribution in [0.1, 0.15) is 31.1 Å². The molecule has 10 nitrogen and oxygen atoms in total. The lowest BCUT2D eigenvalue weighted by molar-refractivity contribution is -0.387. The molecule has 166 valence electrons. The summed E-state index contributed by atoms with van der Waals surface area (Å²) in [6.07, 6.45) is -1.29. The van der Waals surface area contributed by atoms with Crippen LogP contribution in [0, 0.1) is 15.9 Å². The minimum Gasteiger partial charge on any atom is -0.449 e. The number of sulfonamides is 1. The normalized spacial score (nSPS) is 12.3. The van der Waals surface area contributed by atoms with Crippen molar-refractivity contribution >= 4 is 33.3 Å². The number of carbonyl (C=O) groups excluding carboxylic acids is 2. The number of halogens is 1. The van der Waals surface area contributed by atoms with Gasteiger partial charge in [-0.3, -0.25) is 14.9 Å². The average Bonchev–Trinajstić information content (AvgIpc) is 2.68. The molecule has 0 saturated carbocycles. The number of rotatable bonds is 8. The first-order valence-electron chi connectivity index (χ1n) is 8.99. The van der Waals surface area contributed by atoms with Crippen molar-refractivity contribution in [2.75, 3.05) is 5.32 Å². The van der Waals surface area contributed by atoms with Gasteiger partial charge in [0.15, 0.2) is 6.10 Å². The quantitative estimate of drug-likeness (QED) is 0.355. The number of anilines is 1. The van der Waals surface area contributed by atoms with Crippen molar-refractivity contribution < 1.29 is 32.1 Å². The number of carbonyl (C=O) groups is 2. The highest BCUT2D eigenvalue weighted by molar-refractivity contribution is 7.89. The van der Waals surface area contributed by atoms with Gasteiger partial charge in [0, 0.05) is 17.8 Å². The SMILES string of the molecule is CC(C)NS(=O)(=O)c1ccc(C(=O)OC(C)C(=O)Nc2ccc(F)c([N+](=O)[O-])c2)cc1. The summed E-state index contributed by atoms with van der Waals surface area (Å²) < 4.78 is 45.0. The molecule has 2 N–H and O–H groups in total. The Morgan fingerprint density at radius 1 is 1.10 bits per heavy atom. The molecule has 0 radical (unpaired) electrons. The van der Waals surface area contributed by atoms with Crippen molar-refractivity contribution in [2.45, 2.75) is 37.8 Å². The predicted molar refractivity (Wildman–Crippen MR) is 108 cm³/mol. The highest BCUT2D eigenvalue weighted by Gasteiger charge is 2.22. The van der Waals surface area contributed by atoms with E-state index in [9.17, 15) is 32.5 Å². The summed E-state index contributed by atoms with van der Waals surface area (Å²) >= 11 is 0. The number of nitro groups is 1. The molecule has 0 heterocycles. The van der Waals surface area contributed by atoms with Crippen molar-refractivity contribution in [3.8, 4) is 0 Å². The van der Waals surface area contributed by atoms with E-state index in [-0.39, 0.29) is 22.2 Å². The summed E-state index contributed by atoms with van der Waals surface area (Å²) in [6.45, 7) is 4.61. The Morgan fingerprint density at radius 3 is 2.26 bits per heavy atom. The van der Waals surface area contributed by atoms with Crippen LogP contribution in [0.2, 0.25) is 0 Å². The van der Waals surface area contributed by atoms with Gasteiger partial charge in [-0.25, -0.2) is 17.9 Å². The predicted octanol–water partition coefficient (Wildman–Crippen LogP) is 2.60. The summed E-state index contributed by atoms with van der Waals surface area (Å²) in [5.74, 6) is -2.74. The third kappa shape index (κ3) is 6.30. The third-order valence-corrected chi connectivity index (χ3v) is 5.53. The number of esters is 1. The maximum Gasteiger partial charge on any atom is 0.338 e. The molecule has 0 aromatic heterocycles. The maximum absolute atomic E-state index is 13.4. The number of benzene rings is 2. The largest absolute Gasteiger partial charge is 0.449 e. The van der Waals surface area contributed by atoms with Gasteiger partial charge in [-0.15, -0.1) is 0 Å². The summed E-state index contributed by atoms with van der Waals surface area (Å²) in [5, 5.41) is 13.1. The molecule has 0 aliphatic rings. The molecule has 0 aliphatic carbocycles. The average molecular weight is 453 g/mol. The first-order chi connectivity index (χ1) is 14.4. The number of nitrogens with one attached hydrogen (secondary N) is 2. The topological polar surface area (TPSA) is 145 Å². The van der Waals surface area contributed by atoms with Gasteiger partial charge in [-0.05, 0) is 57.2 Å². The van der Waals surface area contributed by atoms with E-state index in [1.807, 2.05) is 0 Å². The maximum atomic E-state index is 13.4. The molecule has 2 aromatic carbocycles. The number of hydrogen-bond donors (Lipinski definition) is 2. The van der Waals surface area contributed by atoms with E-state index in [1.54, 1.807) is 13.8 Å². The number of hydrogen-bond acceptors (Lipinski definition) is 7. The van der Waals surface area contributed by atoms with E-state index in [0.717, 1.165) is 18.2 Å². The van der Waals surface area contributed by atoms with E-state index >= 15 is 0 Å². The van der Waals surface area contributed by atoms with Crippen LogP contribution in [-0.2, 0) is 19.6 Å². The van der Waals surface area contributed by atoms with Crippen LogP contribution in [0.3, 0.4) is 0 Å². The van der Waals surface area contributed by atoms with E-state index in [0.29, 0.717) is 0 Å². The zero-order valence-corrected chi connectivity index (χ0v) is 17.6. The van der Waals surface area contributed by atoms with E-state index in [4.69, 9.17) is 4.74 Å². The van der Waals surface area contributed by atoms with Gasteiger partial charge in [0.05, 0.1) is 15.4 Å². The monoisotopic (exact) mass is 453 g/mol. The first kappa shape index (κ1) is 23.9. The van der Waals surface area contributed by atoms with Crippen molar-refractivity contribution in [3.63, 3.8) is 0 Å². The second-order valence-electron chi connectivity index (χ2n) is 6.76. The van der Waals surface area contributed by atoms with Crippen LogP contribution in [0.5, 0.6) is 0 Å². The first-order valence-corrected chi connectivity index (χ1v) is 10.5. The molecule has 1 atom stereocenters. The molecular formula is C19H20FN3O7S. The van der Waals surface area contributed by atoms with E-state index < -0.39 is 44.4 Å². The van der Waals surface area contributed by atoms with Gasteiger partial charge in [-0.2, -0.15) is 4.39 Å². The summed E-state index contributed by atoms with van der Waals surface area (Å²) in [6, 6.07) is 7.42.